The second kappa shape index (κ2) is 8.94. The summed E-state index contributed by atoms with van der Waals surface area (Å²) in [6.07, 6.45) is 0. The Hall–Kier alpha value is -3.42. The van der Waals surface area contributed by atoms with Crippen LogP contribution in [0.15, 0.2) is 48.5 Å². The van der Waals surface area contributed by atoms with E-state index in [0.29, 0.717) is 31.9 Å². The van der Waals surface area contributed by atoms with Gasteiger partial charge in [0.25, 0.3) is 11.6 Å². The number of nitro benzene ring substituents is 1. The monoisotopic (exact) mass is 410 g/mol. The first-order valence-corrected chi connectivity index (χ1v) is 9.90. The molecular formula is C22H26N4O4. The highest BCUT2D eigenvalue weighted by Crippen LogP contribution is 2.31. The summed E-state index contributed by atoms with van der Waals surface area (Å²) in [4.78, 5) is 41.0. The molecule has 158 valence electrons. The van der Waals surface area contributed by atoms with Gasteiger partial charge in [-0.15, -0.1) is 0 Å². The Morgan fingerprint density at radius 2 is 1.70 bits per heavy atom. The number of nitrogens with zero attached hydrogens (tertiary/aromatic N) is 4. The highest BCUT2D eigenvalue weighted by molar-refractivity contribution is 5.96. The first kappa shape index (κ1) is 21.3. The van der Waals surface area contributed by atoms with Crippen LogP contribution in [0.2, 0.25) is 0 Å². The van der Waals surface area contributed by atoms with E-state index in [2.05, 4.69) is 0 Å². The summed E-state index contributed by atoms with van der Waals surface area (Å²) in [7, 11) is 1.70. The predicted octanol–water partition coefficient (Wildman–Crippen LogP) is 3.10. The fraction of sp³-hybridized carbons (Fsp3) is 0.364. The van der Waals surface area contributed by atoms with Gasteiger partial charge in [0.05, 0.1) is 11.0 Å². The summed E-state index contributed by atoms with van der Waals surface area (Å²) in [5, 5.41) is 11.7. The number of carbonyl (C=O) groups is 2. The number of piperazine rings is 1. The van der Waals surface area contributed by atoms with Crippen molar-refractivity contribution in [1.82, 2.24) is 9.80 Å². The summed E-state index contributed by atoms with van der Waals surface area (Å²) in [6, 6.07) is 14.1. The SMILES string of the molecule is CC(=O)N1CCN(c2ccc(C(=O)N(C)[C@H](C)c3ccccc3)cc2[N+](=O)[O-])CC1. The van der Waals surface area contributed by atoms with Gasteiger partial charge in [-0.1, -0.05) is 30.3 Å². The molecule has 1 aliphatic heterocycles. The van der Waals surface area contributed by atoms with Gasteiger partial charge in [0.2, 0.25) is 5.91 Å². The normalized spacial score (nSPS) is 14.9. The minimum atomic E-state index is -0.454. The molecule has 2 aromatic rings. The van der Waals surface area contributed by atoms with Crippen molar-refractivity contribution < 1.29 is 14.5 Å². The molecule has 2 aromatic carbocycles. The zero-order chi connectivity index (χ0) is 21.8. The van der Waals surface area contributed by atoms with E-state index >= 15 is 0 Å². The van der Waals surface area contributed by atoms with E-state index in [4.69, 9.17) is 0 Å². The standard InChI is InChI=1S/C22H26N4O4/c1-16(18-7-5-4-6-8-18)23(3)22(28)19-9-10-20(21(15-19)26(29)30)25-13-11-24(12-14-25)17(2)27/h4-10,15-16H,11-14H2,1-3H3/t16-/m1/s1. The molecule has 3 rings (SSSR count). The van der Waals surface area contributed by atoms with Gasteiger partial charge in [0, 0.05) is 51.8 Å². The number of anilines is 1. The molecular weight excluding hydrogens is 384 g/mol. The van der Waals surface area contributed by atoms with Gasteiger partial charge in [0.15, 0.2) is 0 Å². The molecule has 1 fully saturated rings. The second-order valence-corrected chi connectivity index (χ2v) is 7.46. The van der Waals surface area contributed by atoms with Crippen molar-refractivity contribution in [3.05, 3.63) is 69.8 Å². The number of nitro groups is 1. The second-order valence-electron chi connectivity index (χ2n) is 7.46. The molecule has 1 aliphatic rings. The van der Waals surface area contributed by atoms with Gasteiger partial charge in [-0.05, 0) is 24.6 Å². The van der Waals surface area contributed by atoms with Gasteiger partial charge in [-0.3, -0.25) is 19.7 Å². The van der Waals surface area contributed by atoms with Gasteiger partial charge >= 0.3 is 0 Å². The molecule has 0 saturated carbocycles. The lowest BCUT2D eigenvalue weighted by atomic mass is 10.1. The Labute approximate surface area is 175 Å². The topological polar surface area (TPSA) is 87.0 Å². The van der Waals surface area contributed by atoms with Crippen LogP contribution >= 0.6 is 0 Å². The number of carbonyl (C=O) groups excluding carboxylic acids is 2. The van der Waals surface area contributed by atoms with Crippen LogP contribution in [0.4, 0.5) is 11.4 Å². The average Bonchev–Trinajstić information content (AvgIpc) is 2.77. The number of hydrogen-bond donors (Lipinski definition) is 0. The fourth-order valence-electron chi connectivity index (χ4n) is 3.67. The highest BCUT2D eigenvalue weighted by Gasteiger charge is 2.27. The molecule has 2 amide bonds. The molecule has 0 unspecified atom stereocenters. The van der Waals surface area contributed by atoms with E-state index in [-0.39, 0.29) is 29.1 Å². The van der Waals surface area contributed by atoms with Crippen molar-refractivity contribution >= 4 is 23.2 Å². The smallest absolute Gasteiger partial charge is 0.293 e. The van der Waals surface area contributed by atoms with Crippen molar-refractivity contribution in [3.63, 3.8) is 0 Å². The van der Waals surface area contributed by atoms with E-state index < -0.39 is 4.92 Å². The van der Waals surface area contributed by atoms with Crippen molar-refractivity contribution in [2.24, 2.45) is 0 Å². The van der Waals surface area contributed by atoms with Crippen molar-refractivity contribution in [2.45, 2.75) is 19.9 Å². The lowest BCUT2D eigenvalue weighted by Gasteiger charge is -2.35. The van der Waals surface area contributed by atoms with Crippen LogP contribution in [0.25, 0.3) is 0 Å². The maximum Gasteiger partial charge on any atom is 0.293 e. The van der Waals surface area contributed by atoms with E-state index in [0.717, 1.165) is 5.56 Å². The summed E-state index contributed by atoms with van der Waals surface area (Å²) in [5.41, 5.74) is 1.64. The number of benzene rings is 2. The largest absolute Gasteiger partial charge is 0.362 e. The first-order chi connectivity index (χ1) is 14.3. The van der Waals surface area contributed by atoms with Crippen LogP contribution in [-0.4, -0.2) is 59.8 Å². The molecule has 0 N–H and O–H groups in total. The Kier molecular flexibility index (Phi) is 6.34. The van der Waals surface area contributed by atoms with Crippen LogP contribution in [0, 0.1) is 10.1 Å². The van der Waals surface area contributed by atoms with Crippen LogP contribution in [0.3, 0.4) is 0 Å². The zero-order valence-electron chi connectivity index (χ0n) is 17.4. The minimum absolute atomic E-state index is 0.000618. The van der Waals surface area contributed by atoms with E-state index in [1.165, 1.54) is 13.0 Å². The summed E-state index contributed by atoms with van der Waals surface area (Å²) in [5.74, 6) is -0.275. The molecule has 8 heteroatoms. The number of amides is 2. The summed E-state index contributed by atoms with van der Waals surface area (Å²) >= 11 is 0. The first-order valence-electron chi connectivity index (χ1n) is 9.90. The maximum absolute atomic E-state index is 13.0. The Morgan fingerprint density at radius 3 is 2.27 bits per heavy atom. The Balaban J connectivity index is 1.82. The van der Waals surface area contributed by atoms with Crippen molar-refractivity contribution in [3.8, 4) is 0 Å². The van der Waals surface area contributed by atoms with Crippen LogP contribution in [0.5, 0.6) is 0 Å². The molecule has 0 bridgehead atoms. The molecule has 0 spiro atoms. The number of rotatable bonds is 5. The third-order valence-corrected chi connectivity index (χ3v) is 5.67. The average molecular weight is 410 g/mol. The van der Waals surface area contributed by atoms with Crippen LogP contribution < -0.4 is 4.90 Å². The molecule has 1 heterocycles. The van der Waals surface area contributed by atoms with E-state index in [1.54, 1.807) is 29.0 Å². The third-order valence-electron chi connectivity index (χ3n) is 5.67. The summed E-state index contributed by atoms with van der Waals surface area (Å²) in [6.45, 7) is 5.50. The van der Waals surface area contributed by atoms with Crippen molar-refractivity contribution in [2.75, 3.05) is 38.1 Å². The van der Waals surface area contributed by atoms with Gasteiger partial charge in [0.1, 0.15) is 5.69 Å². The maximum atomic E-state index is 13.0. The number of hydrogen-bond acceptors (Lipinski definition) is 5. The highest BCUT2D eigenvalue weighted by atomic mass is 16.6. The Morgan fingerprint density at radius 1 is 1.07 bits per heavy atom. The van der Waals surface area contributed by atoms with Gasteiger partial charge in [-0.25, -0.2) is 0 Å². The zero-order valence-corrected chi connectivity index (χ0v) is 17.4. The van der Waals surface area contributed by atoms with Gasteiger partial charge < -0.3 is 14.7 Å². The predicted molar refractivity (Wildman–Crippen MR) is 115 cm³/mol. The quantitative estimate of drug-likeness (QED) is 0.558. The van der Waals surface area contributed by atoms with E-state index in [1.807, 2.05) is 42.2 Å². The lowest BCUT2D eigenvalue weighted by Crippen LogP contribution is -2.48. The molecule has 30 heavy (non-hydrogen) atoms. The molecule has 1 saturated heterocycles. The van der Waals surface area contributed by atoms with Crippen LogP contribution in [-0.2, 0) is 4.79 Å². The molecule has 0 aliphatic carbocycles. The molecule has 0 radical (unpaired) electrons. The molecule has 0 aromatic heterocycles. The Bertz CT molecular complexity index is 939. The van der Waals surface area contributed by atoms with Crippen molar-refractivity contribution in [1.29, 1.82) is 0 Å². The molecule has 8 nitrogen and oxygen atoms in total. The third kappa shape index (κ3) is 4.42. The van der Waals surface area contributed by atoms with Gasteiger partial charge in [-0.2, -0.15) is 0 Å². The molecule has 1 atom stereocenters. The minimum Gasteiger partial charge on any atom is -0.362 e. The summed E-state index contributed by atoms with van der Waals surface area (Å²) < 4.78 is 0. The van der Waals surface area contributed by atoms with Crippen LogP contribution in [0.1, 0.15) is 35.8 Å². The van der Waals surface area contributed by atoms with E-state index in [9.17, 15) is 19.7 Å². The lowest BCUT2D eigenvalue weighted by molar-refractivity contribution is -0.384. The fourth-order valence-corrected chi connectivity index (χ4v) is 3.67.